The summed E-state index contributed by atoms with van der Waals surface area (Å²) in [5.41, 5.74) is 0.840. The minimum absolute atomic E-state index is 0.157. The summed E-state index contributed by atoms with van der Waals surface area (Å²) < 4.78 is 6.62. The molecule has 0 aliphatic carbocycles. The Morgan fingerprint density at radius 2 is 2.33 bits per heavy atom. The van der Waals surface area contributed by atoms with Gasteiger partial charge in [0.05, 0.1) is 12.3 Å². The third kappa shape index (κ3) is 1.93. The van der Waals surface area contributed by atoms with Crippen molar-refractivity contribution in [2.24, 2.45) is 0 Å². The van der Waals surface area contributed by atoms with Crippen molar-refractivity contribution in [2.45, 2.75) is 20.0 Å². The van der Waals surface area contributed by atoms with E-state index in [1.165, 1.54) is 12.5 Å². The summed E-state index contributed by atoms with van der Waals surface area (Å²) in [5.74, 6) is -0.444. The smallest absolute Gasteiger partial charge is 0.358 e. The molecule has 0 spiro atoms. The Kier molecular flexibility index (Phi) is 2.32. The quantitative estimate of drug-likeness (QED) is 0.676. The summed E-state index contributed by atoms with van der Waals surface area (Å²) in [6.45, 7) is 3.57. The van der Waals surface area contributed by atoms with Crippen LogP contribution in [0.25, 0.3) is 5.65 Å². The molecular formula is C9H10N4O2. The molecule has 78 valence electrons. The van der Waals surface area contributed by atoms with E-state index in [9.17, 15) is 4.79 Å². The lowest BCUT2D eigenvalue weighted by Crippen LogP contribution is -2.13. The lowest BCUT2D eigenvalue weighted by atomic mass is 10.4. The van der Waals surface area contributed by atoms with Crippen molar-refractivity contribution in [1.82, 2.24) is 19.6 Å². The Hall–Kier alpha value is -1.98. The van der Waals surface area contributed by atoms with Gasteiger partial charge in [-0.25, -0.2) is 9.78 Å². The van der Waals surface area contributed by atoms with E-state index >= 15 is 0 Å². The van der Waals surface area contributed by atoms with E-state index in [1.54, 1.807) is 24.4 Å². The lowest BCUT2D eigenvalue weighted by Gasteiger charge is -2.06. The fourth-order valence-corrected chi connectivity index (χ4v) is 1.12. The molecule has 0 N–H and O–H groups in total. The molecule has 0 saturated carbocycles. The van der Waals surface area contributed by atoms with E-state index in [0.717, 1.165) is 0 Å². The van der Waals surface area contributed by atoms with Gasteiger partial charge in [-0.3, -0.25) is 4.40 Å². The van der Waals surface area contributed by atoms with Crippen LogP contribution in [0, 0.1) is 0 Å². The van der Waals surface area contributed by atoms with Gasteiger partial charge in [0.1, 0.15) is 6.33 Å². The third-order valence-corrected chi connectivity index (χ3v) is 1.73. The average molecular weight is 206 g/mol. The first-order valence-electron chi connectivity index (χ1n) is 4.53. The molecule has 6 heteroatoms. The van der Waals surface area contributed by atoms with Gasteiger partial charge in [0, 0.05) is 6.20 Å². The van der Waals surface area contributed by atoms with Crippen LogP contribution in [0.2, 0.25) is 0 Å². The van der Waals surface area contributed by atoms with Crippen LogP contribution in [-0.4, -0.2) is 31.7 Å². The zero-order valence-electron chi connectivity index (χ0n) is 8.41. The summed E-state index contributed by atoms with van der Waals surface area (Å²) in [4.78, 5) is 15.4. The van der Waals surface area contributed by atoms with E-state index in [-0.39, 0.29) is 11.8 Å². The number of carbonyl (C=O) groups is 1. The summed E-state index contributed by atoms with van der Waals surface area (Å²) >= 11 is 0. The molecule has 6 nitrogen and oxygen atoms in total. The Balaban J connectivity index is 2.31. The van der Waals surface area contributed by atoms with E-state index in [0.29, 0.717) is 5.65 Å². The van der Waals surface area contributed by atoms with Crippen LogP contribution in [0.5, 0.6) is 0 Å². The van der Waals surface area contributed by atoms with Crippen LogP contribution in [-0.2, 0) is 4.74 Å². The first kappa shape index (κ1) is 9.57. The number of nitrogens with zero attached hydrogens (tertiary/aromatic N) is 4. The summed E-state index contributed by atoms with van der Waals surface area (Å²) in [6.07, 6.45) is 4.36. The minimum Gasteiger partial charge on any atom is -0.458 e. The topological polar surface area (TPSA) is 69.4 Å². The molecule has 2 aromatic rings. The fraction of sp³-hybridized carbons (Fsp3) is 0.333. The van der Waals surface area contributed by atoms with Gasteiger partial charge < -0.3 is 4.74 Å². The van der Waals surface area contributed by atoms with Crippen molar-refractivity contribution in [3.05, 3.63) is 24.4 Å². The van der Waals surface area contributed by atoms with Crippen LogP contribution in [0.15, 0.2) is 18.7 Å². The lowest BCUT2D eigenvalue weighted by molar-refractivity contribution is 0.0370. The molecule has 0 radical (unpaired) electrons. The molecule has 0 bridgehead atoms. The van der Waals surface area contributed by atoms with Gasteiger partial charge in [-0.1, -0.05) is 0 Å². The van der Waals surface area contributed by atoms with Crippen molar-refractivity contribution < 1.29 is 9.53 Å². The van der Waals surface area contributed by atoms with Crippen molar-refractivity contribution >= 4 is 11.6 Å². The van der Waals surface area contributed by atoms with Gasteiger partial charge in [0.15, 0.2) is 11.3 Å². The Bertz CT molecular complexity index is 492. The molecule has 15 heavy (non-hydrogen) atoms. The second-order valence-corrected chi connectivity index (χ2v) is 3.32. The number of ether oxygens (including phenoxy) is 1. The first-order chi connectivity index (χ1) is 7.16. The van der Waals surface area contributed by atoms with Crippen molar-refractivity contribution in [3.8, 4) is 0 Å². The first-order valence-corrected chi connectivity index (χ1v) is 4.53. The van der Waals surface area contributed by atoms with Crippen LogP contribution in [0.1, 0.15) is 24.3 Å². The number of carbonyl (C=O) groups excluding carboxylic acids is 1. The highest BCUT2D eigenvalue weighted by Gasteiger charge is 2.11. The van der Waals surface area contributed by atoms with Gasteiger partial charge >= 0.3 is 5.97 Å². The van der Waals surface area contributed by atoms with Crippen LogP contribution < -0.4 is 0 Å². The molecule has 0 saturated heterocycles. The van der Waals surface area contributed by atoms with Crippen LogP contribution in [0.3, 0.4) is 0 Å². The predicted molar refractivity (Wildman–Crippen MR) is 51.3 cm³/mol. The monoisotopic (exact) mass is 206 g/mol. The van der Waals surface area contributed by atoms with E-state index in [4.69, 9.17) is 4.74 Å². The Morgan fingerprint density at radius 3 is 3.07 bits per heavy atom. The highest BCUT2D eigenvalue weighted by atomic mass is 16.5. The molecule has 0 atom stereocenters. The molecule has 0 amide bonds. The number of hydrogen-bond acceptors (Lipinski definition) is 5. The van der Waals surface area contributed by atoms with E-state index in [2.05, 4.69) is 15.2 Å². The Labute approximate surface area is 85.9 Å². The zero-order chi connectivity index (χ0) is 10.8. The molecule has 2 aromatic heterocycles. The molecule has 0 unspecified atom stereocenters. The van der Waals surface area contributed by atoms with Gasteiger partial charge in [-0.15, -0.1) is 10.2 Å². The largest absolute Gasteiger partial charge is 0.458 e. The molecule has 0 aromatic carbocycles. The van der Waals surface area contributed by atoms with Crippen molar-refractivity contribution in [3.63, 3.8) is 0 Å². The fourth-order valence-electron chi connectivity index (χ4n) is 1.12. The van der Waals surface area contributed by atoms with Gasteiger partial charge in [0.2, 0.25) is 0 Å². The maximum Gasteiger partial charge on any atom is 0.358 e. The Morgan fingerprint density at radius 1 is 1.53 bits per heavy atom. The molecule has 0 aliphatic heterocycles. The van der Waals surface area contributed by atoms with Gasteiger partial charge in [0.25, 0.3) is 0 Å². The molecule has 2 rings (SSSR count). The second-order valence-electron chi connectivity index (χ2n) is 3.32. The third-order valence-electron chi connectivity index (χ3n) is 1.73. The maximum absolute atomic E-state index is 11.5. The highest BCUT2D eigenvalue weighted by Crippen LogP contribution is 2.02. The normalized spacial score (nSPS) is 10.9. The molecule has 0 fully saturated rings. The minimum atomic E-state index is -0.444. The number of fused-ring (bicyclic) bond motifs is 1. The zero-order valence-corrected chi connectivity index (χ0v) is 8.41. The molecular weight excluding hydrogens is 196 g/mol. The van der Waals surface area contributed by atoms with E-state index < -0.39 is 5.97 Å². The van der Waals surface area contributed by atoms with Crippen molar-refractivity contribution in [2.75, 3.05) is 0 Å². The van der Waals surface area contributed by atoms with Gasteiger partial charge in [-0.2, -0.15) is 0 Å². The van der Waals surface area contributed by atoms with E-state index in [1.807, 2.05) is 0 Å². The summed E-state index contributed by atoms with van der Waals surface area (Å²) in [5, 5.41) is 7.46. The second kappa shape index (κ2) is 3.64. The number of rotatable bonds is 2. The molecule has 2 heterocycles. The SMILES string of the molecule is CC(C)OC(=O)c1cn2cnnc2cn1. The van der Waals surface area contributed by atoms with Crippen molar-refractivity contribution in [1.29, 1.82) is 0 Å². The highest BCUT2D eigenvalue weighted by molar-refractivity contribution is 5.87. The number of hydrogen-bond donors (Lipinski definition) is 0. The average Bonchev–Trinajstić information content (AvgIpc) is 2.62. The number of aromatic nitrogens is 4. The predicted octanol–water partition coefficient (Wildman–Crippen LogP) is 0.689. The number of esters is 1. The maximum atomic E-state index is 11.5. The standard InChI is InChI=1S/C9H10N4O2/c1-6(2)15-9(14)7-4-13-5-11-12-8(13)3-10-7/h3-6H,1-2H3. The van der Waals surface area contributed by atoms with Gasteiger partial charge in [-0.05, 0) is 13.8 Å². The van der Waals surface area contributed by atoms with Crippen LogP contribution in [0.4, 0.5) is 0 Å². The molecule has 0 aliphatic rings. The summed E-state index contributed by atoms with van der Waals surface area (Å²) in [7, 11) is 0. The summed E-state index contributed by atoms with van der Waals surface area (Å²) in [6, 6.07) is 0. The van der Waals surface area contributed by atoms with Crippen LogP contribution >= 0.6 is 0 Å².